The van der Waals surface area contributed by atoms with Gasteiger partial charge in [-0.25, -0.2) is 9.48 Å². The van der Waals surface area contributed by atoms with Gasteiger partial charge in [-0.15, -0.1) is 0 Å². The zero-order valence-corrected chi connectivity index (χ0v) is 22.0. The minimum atomic E-state index is -0.408. The van der Waals surface area contributed by atoms with E-state index in [0.29, 0.717) is 33.8 Å². The molecule has 0 fully saturated rings. The molecule has 3 amide bonds. The fourth-order valence-electron chi connectivity index (χ4n) is 3.39. The first-order valence-electron chi connectivity index (χ1n) is 11.5. The average Bonchev–Trinajstić information content (AvgIpc) is 3.21. The number of nitrogens with zero attached hydrogens (tertiary/aromatic N) is 3. The summed E-state index contributed by atoms with van der Waals surface area (Å²) in [7, 11) is 0. The highest BCUT2D eigenvalue weighted by Gasteiger charge is 2.22. The van der Waals surface area contributed by atoms with E-state index >= 15 is 0 Å². The molecule has 0 aliphatic rings. The number of unbranched alkanes of at least 4 members (excludes halogenated alkanes) is 1. The summed E-state index contributed by atoms with van der Waals surface area (Å²) in [6, 6.07) is 16.3. The quantitative estimate of drug-likeness (QED) is 0.364. The average molecular weight is 516 g/mol. The van der Waals surface area contributed by atoms with E-state index in [0.717, 1.165) is 18.4 Å². The molecule has 0 spiro atoms. The van der Waals surface area contributed by atoms with Gasteiger partial charge in [0.25, 0.3) is 0 Å². The van der Waals surface area contributed by atoms with Crippen LogP contribution in [0.1, 0.15) is 40.5 Å². The number of anilines is 1. The largest absolute Gasteiger partial charge is 0.333 e. The number of nitrogens with one attached hydrogen (secondary N) is 2. The Morgan fingerprint density at radius 2 is 1.74 bits per heavy atom. The van der Waals surface area contributed by atoms with E-state index in [2.05, 4.69) is 10.6 Å². The Morgan fingerprint density at radius 3 is 2.37 bits per heavy atom. The van der Waals surface area contributed by atoms with E-state index < -0.39 is 5.54 Å². The van der Waals surface area contributed by atoms with Gasteiger partial charge in [-0.05, 0) is 45.4 Å². The zero-order valence-electron chi connectivity index (χ0n) is 20.4. The summed E-state index contributed by atoms with van der Waals surface area (Å²) < 4.78 is 1.61. The van der Waals surface area contributed by atoms with Crippen LogP contribution in [0.4, 0.5) is 10.6 Å². The topological polar surface area (TPSA) is 79.3 Å². The van der Waals surface area contributed by atoms with Gasteiger partial charge in [-0.3, -0.25) is 4.79 Å². The molecule has 3 aromatic rings. The molecule has 0 unspecified atom stereocenters. The second-order valence-electron chi connectivity index (χ2n) is 9.29. The molecular weight excluding hydrogens is 485 g/mol. The Hall–Kier alpha value is -3.03. The summed E-state index contributed by atoms with van der Waals surface area (Å²) in [5.41, 5.74) is 1.82. The lowest BCUT2D eigenvalue weighted by molar-refractivity contribution is -0.116. The Bertz CT molecular complexity index is 1170. The Morgan fingerprint density at radius 1 is 1.03 bits per heavy atom. The fraction of sp³-hybridized carbons (Fsp3) is 0.346. The van der Waals surface area contributed by atoms with Crippen molar-refractivity contribution in [2.75, 3.05) is 18.4 Å². The standard InChI is InChI=1S/C26H31Cl2N5O2/c1-5-6-14-32(25(35)30-26(2,3)4)17-24(34)29-23-16-22(18-10-8-7-9-11-18)31-33(23)19-12-13-20(27)21(28)15-19/h7-13,15-16H,5-6,14,17H2,1-4H3,(H,29,34)(H,30,35). The monoisotopic (exact) mass is 515 g/mol. The minimum Gasteiger partial charge on any atom is -0.333 e. The lowest BCUT2D eigenvalue weighted by Gasteiger charge is -2.28. The number of hydrogen-bond donors (Lipinski definition) is 2. The van der Waals surface area contributed by atoms with Crippen molar-refractivity contribution in [1.29, 1.82) is 0 Å². The summed E-state index contributed by atoms with van der Waals surface area (Å²) in [5.74, 6) is 0.130. The van der Waals surface area contributed by atoms with Crippen molar-refractivity contribution in [2.24, 2.45) is 0 Å². The van der Waals surface area contributed by atoms with Gasteiger partial charge in [0.1, 0.15) is 12.4 Å². The molecule has 0 aliphatic carbocycles. The van der Waals surface area contributed by atoms with Crippen LogP contribution in [0.2, 0.25) is 10.0 Å². The number of benzene rings is 2. The van der Waals surface area contributed by atoms with Crippen LogP contribution in [0.15, 0.2) is 54.6 Å². The zero-order chi connectivity index (χ0) is 25.6. The first kappa shape index (κ1) is 26.6. The number of amides is 3. The number of aromatic nitrogens is 2. The molecule has 1 aromatic heterocycles. The van der Waals surface area contributed by atoms with Crippen LogP contribution in [-0.4, -0.2) is 45.2 Å². The normalized spacial score (nSPS) is 11.3. The highest BCUT2D eigenvalue weighted by Crippen LogP contribution is 2.29. The minimum absolute atomic E-state index is 0.0882. The number of urea groups is 1. The van der Waals surface area contributed by atoms with Crippen molar-refractivity contribution in [3.8, 4) is 16.9 Å². The maximum Gasteiger partial charge on any atom is 0.318 e. The van der Waals surface area contributed by atoms with Crippen LogP contribution in [0.3, 0.4) is 0 Å². The molecule has 0 radical (unpaired) electrons. The maximum absolute atomic E-state index is 13.1. The summed E-state index contributed by atoms with van der Waals surface area (Å²) in [5, 5.41) is 11.4. The van der Waals surface area contributed by atoms with Gasteiger partial charge in [0.2, 0.25) is 5.91 Å². The van der Waals surface area contributed by atoms with E-state index in [1.807, 2.05) is 58.0 Å². The van der Waals surface area contributed by atoms with E-state index in [1.165, 1.54) is 4.90 Å². The first-order valence-corrected chi connectivity index (χ1v) is 12.3. The molecule has 9 heteroatoms. The molecular formula is C26H31Cl2N5O2. The van der Waals surface area contributed by atoms with E-state index in [1.54, 1.807) is 28.9 Å². The van der Waals surface area contributed by atoms with E-state index in [-0.39, 0.29) is 18.5 Å². The van der Waals surface area contributed by atoms with Crippen LogP contribution in [0.5, 0.6) is 0 Å². The van der Waals surface area contributed by atoms with Crippen molar-refractivity contribution >= 4 is 41.0 Å². The molecule has 2 aromatic carbocycles. The number of rotatable bonds is 8. The molecule has 2 N–H and O–H groups in total. The van der Waals surface area contributed by atoms with E-state index in [9.17, 15) is 9.59 Å². The van der Waals surface area contributed by atoms with Crippen molar-refractivity contribution < 1.29 is 9.59 Å². The fourth-order valence-corrected chi connectivity index (χ4v) is 3.68. The Labute approximate surface area is 216 Å². The predicted molar refractivity (Wildman–Crippen MR) is 142 cm³/mol. The predicted octanol–water partition coefficient (Wildman–Crippen LogP) is 6.39. The van der Waals surface area contributed by atoms with Crippen LogP contribution >= 0.6 is 23.2 Å². The Balaban J connectivity index is 1.89. The van der Waals surface area contributed by atoms with Crippen molar-refractivity contribution in [3.63, 3.8) is 0 Å². The molecule has 0 saturated carbocycles. The highest BCUT2D eigenvalue weighted by atomic mass is 35.5. The number of halogens is 2. The summed E-state index contributed by atoms with van der Waals surface area (Å²) in [6.07, 6.45) is 1.70. The lowest BCUT2D eigenvalue weighted by atomic mass is 10.1. The van der Waals surface area contributed by atoms with Gasteiger partial charge in [-0.1, -0.05) is 66.9 Å². The van der Waals surface area contributed by atoms with Gasteiger partial charge < -0.3 is 15.5 Å². The molecule has 7 nitrogen and oxygen atoms in total. The smallest absolute Gasteiger partial charge is 0.318 e. The van der Waals surface area contributed by atoms with Crippen molar-refractivity contribution in [1.82, 2.24) is 20.0 Å². The molecule has 0 atom stereocenters. The third kappa shape index (κ3) is 7.47. The Kier molecular flexibility index (Phi) is 8.81. The van der Waals surface area contributed by atoms with Gasteiger partial charge in [0.05, 0.1) is 21.4 Å². The summed E-state index contributed by atoms with van der Waals surface area (Å²) in [4.78, 5) is 27.4. The summed E-state index contributed by atoms with van der Waals surface area (Å²) >= 11 is 12.3. The third-order valence-electron chi connectivity index (χ3n) is 5.08. The molecule has 0 aliphatic heterocycles. The molecule has 3 rings (SSSR count). The van der Waals surface area contributed by atoms with Crippen LogP contribution in [-0.2, 0) is 4.79 Å². The second kappa shape index (κ2) is 11.6. The van der Waals surface area contributed by atoms with Gasteiger partial charge in [0.15, 0.2) is 0 Å². The SMILES string of the molecule is CCCCN(CC(=O)Nc1cc(-c2ccccc2)nn1-c1ccc(Cl)c(Cl)c1)C(=O)NC(C)(C)C. The van der Waals surface area contributed by atoms with Crippen LogP contribution < -0.4 is 10.6 Å². The van der Waals surface area contributed by atoms with E-state index in [4.69, 9.17) is 28.3 Å². The van der Waals surface area contributed by atoms with Gasteiger partial charge in [-0.2, -0.15) is 5.10 Å². The highest BCUT2D eigenvalue weighted by molar-refractivity contribution is 6.42. The van der Waals surface area contributed by atoms with Gasteiger partial charge >= 0.3 is 6.03 Å². The summed E-state index contributed by atoms with van der Waals surface area (Å²) in [6.45, 7) is 8.15. The van der Waals surface area contributed by atoms with Gasteiger partial charge in [0, 0.05) is 23.7 Å². The van der Waals surface area contributed by atoms with Crippen molar-refractivity contribution in [3.05, 3.63) is 64.6 Å². The second-order valence-corrected chi connectivity index (χ2v) is 10.1. The molecule has 35 heavy (non-hydrogen) atoms. The molecule has 0 bridgehead atoms. The third-order valence-corrected chi connectivity index (χ3v) is 5.82. The van der Waals surface area contributed by atoms with Crippen LogP contribution in [0, 0.1) is 0 Å². The maximum atomic E-state index is 13.1. The molecule has 1 heterocycles. The van der Waals surface area contributed by atoms with Crippen LogP contribution in [0.25, 0.3) is 16.9 Å². The molecule has 186 valence electrons. The number of carbonyl (C=O) groups excluding carboxylic acids is 2. The number of hydrogen-bond acceptors (Lipinski definition) is 3. The number of carbonyl (C=O) groups is 2. The first-order chi connectivity index (χ1) is 16.6. The van der Waals surface area contributed by atoms with Crippen molar-refractivity contribution in [2.45, 2.75) is 46.1 Å². The lowest BCUT2D eigenvalue weighted by Crippen LogP contribution is -2.50. The molecule has 0 saturated heterocycles.